The maximum atomic E-state index is 11.0. The molecule has 0 fully saturated rings. The maximum Gasteiger partial charge on any atom is 0.341 e. The number of hydrogen-bond acceptors (Lipinski definition) is 5. The minimum absolute atomic E-state index is 0.179. The van der Waals surface area contributed by atoms with Crippen molar-refractivity contribution in [1.29, 1.82) is 0 Å². The van der Waals surface area contributed by atoms with Crippen molar-refractivity contribution in [3.05, 3.63) is 72.0 Å². The molecule has 2 aromatic rings. The molecule has 27 heavy (non-hydrogen) atoms. The molecule has 7 nitrogen and oxygen atoms in total. The van der Waals surface area contributed by atoms with Crippen LogP contribution in [0.1, 0.15) is 11.1 Å². The van der Waals surface area contributed by atoms with Crippen LogP contribution in [-0.4, -0.2) is 35.4 Å². The summed E-state index contributed by atoms with van der Waals surface area (Å²) in [6, 6.07) is 12.4. The molecular formula is C20H16O7. The lowest BCUT2D eigenvalue weighted by Gasteiger charge is -2.23. The van der Waals surface area contributed by atoms with Crippen LogP contribution in [0, 0.1) is 0 Å². The highest BCUT2D eigenvalue weighted by molar-refractivity contribution is 5.89. The number of carboxylic acids is 2. The second-order valence-corrected chi connectivity index (χ2v) is 5.65. The van der Waals surface area contributed by atoms with E-state index >= 15 is 0 Å². The van der Waals surface area contributed by atoms with Crippen LogP contribution in [0.25, 0.3) is 5.57 Å². The molecule has 0 atom stereocenters. The van der Waals surface area contributed by atoms with Gasteiger partial charge in [0, 0.05) is 17.7 Å². The van der Waals surface area contributed by atoms with Crippen LogP contribution in [0.2, 0.25) is 0 Å². The third kappa shape index (κ3) is 4.27. The Balaban J connectivity index is 2.10. The van der Waals surface area contributed by atoms with Crippen molar-refractivity contribution in [3.8, 4) is 17.2 Å². The summed E-state index contributed by atoms with van der Waals surface area (Å²) in [7, 11) is 0. The Kier molecular flexibility index (Phi) is 5.12. The molecule has 0 aliphatic carbocycles. The number of carbonyl (C=O) groups is 2. The van der Waals surface area contributed by atoms with Gasteiger partial charge >= 0.3 is 11.9 Å². The van der Waals surface area contributed by atoms with E-state index in [9.17, 15) is 9.59 Å². The van der Waals surface area contributed by atoms with E-state index in [0.717, 1.165) is 11.1 Å². The molecule has 0 aromatic heterocycles. The van der Waals surface area contributed by atoms with Crippen LogP contribution in [0.4, 0.5) is 0 Å². The zero-order valence-corrected chi connectivity index (χ0v) is 14.2. The second-order valence-electron chi connectivity index (χ2n) is 5.65. The summed E-state index contributed by atoms with van der Waals surface area (Å²) in [6.07, 6.45) is 1.73. The van der Waals surface area contributed by atoms with Gasteiger partial charge in [0.15, 0.2) is 13.2 Å². The molecule has 7 heteroatoms. The third-order valence-electron chi connectivity index (χ3n) is 3.65. The molecule has 2 N–H and O–H groups in total. The highest BCUT2D eigenvalue weighted by Crippen LogP contribution is 2.45. The number of fused-ring (bicyclic) bond motifs is 1. The maximum absolute atomic E-state index is 11.0. The summed E-state index contributed by atoms with van der Waals surface area (Å²) in [5, 5.41) is 17.8. The van der Waals surface area contributed by atoms with E-state index in [2.05, 4.69) is 6.58 Å². The van der Waals surface area contributed by atoms with Gasteiger partial charge in [-0.2, -0.15) is 0 Å². The number of ether oxygens (including phenoxy) is 3. The number of carboxylic acid groups (broad SMARTS) is 2. The molecule has 1 aliphatic rings. The zero-order valence-electron chi connectivity index (χ0n) is 14.2. The van der Waals surface area contributed by atoms with E-state index in [1.54, 1.807) is 6.08 Å². The lowest BCUT2D eigenvalue weighted by Crippen LogP contribution is -2.14. The molecule has 138 valence electrons. The number of rotatable bonds is 7. The van der Waals surface area contributed by atoms with E-state index in [1.807, 2.05) is 30.3 Å². The Morgan fingerprint density at radius 3 is 2.33 bits per heavy atom. The zero-order chi connectivity index (χ0) is 19.4. The molecule has 0 bridgehead atoms. The molecule has 1 aliphatic heterocycles. The summed E-state index contributed by atoms with van der Waals surface area (Å²) >= 11 is 0. The van der Waals surface area contributed by atoms with Crippen molar-refractivity contribution in [2.75, 3.05) is 13.2 Å². The van der Waals surface area contributed by atoms with Gasteiger partial charge in [0.05, 0.1) is 5.56 Å². The second kappa shape index (κ2) is 7.65. The smallest absolute Gasteiger partial charge is 0.341 e. The van der Waals surface area contributed by atoms with Crippen molar-refractivity contribution in [2.45, 2.75) is 0 Å². The van der Waals surface area contributed by atoms with E-state index < -0.39 is 25.2 Å². The van der Waals surface area contributed by atoms with Gasteiger partial charge in [-0.3, -0.25) is 0 Å². The molecule has 1 heterocycles. The quantitative estimate of drug-likeness (QED) is 0.774. The Labute approximate surface area is 154 Å². The largest absolute Gasteiger partial charge is 0.482 e. The van der Waals surface area contributed by atoms with Crippen molar-refractivity contribution in [2.24, 2.45) is 0 Å². The number of benzene rings is 2. The average Bonchev–Trinajstić information content (AvgIpc) is 2.64. The summed E-state index contributed by atoms with van der Waals surface area (Å²) in [5.41, 5.74) is 2.15. The first-order valence-electron chi connectivity index (χ1n) is 7.95. The first-order valence-corrected chi connectivity index (χ1v) is 7.95. The first kappa shape index (κ1) is 18.1. The van der Waals surface area contributed by atoms with Gasteiger partial charge in [0.1, 0.15) is 23.0 Å². The van der Waals surface area contributed by atoms with E-state index in [1.165, 1.54) is 12.1 Å². The van der Waals surface area contributed by atoms with Crippen molar-refractivity contribution < 1.29 is 34.0 Å². The monoisotopic (exact) mass is 368 g/mol. The standard InChI is InChI=1S/C20H16O7/c1-12-7-15(13-5-3-2-4-6-13)20-16(26-11-19(23)24)8-14(9-17(20)27-12)25-10-18(21)22/h2-9H,1,10-11H2,(H,21,22)(H,23,24). The molecule has 3 rings (SSSR count). The van der Waals surface area contributed by atoms with Crippen LogP contribution in [0.15, 0.2) is 60.9 Å². The van der Waals surface area contributed by atoms with E-state index in [-0.39, 0.29) is 11.5 Å². The van der Waals surface area contributed by atoms with Crippen LogP contribution >= 0.6 is 0 Å². The van der Waals surface area contributed by atoms with Crippen LogP contribution in [0.3, 0.4) is 0 Å². The first-order chi connectivity index (χ1) is 12.9. The van der Waals surface area contributed by atoms with Crippen LogP contribution < -0.4 is 14.2 Å². The fourth-order valence-corrected chi connectivity index (χ4v) is 2.64. The highest BCUT2D eigenvalue weighted by atomic mass is 16.5. The molecule has 0 saturated carbocycles. The molecule has 0 amide bonds. The fraction of sp³-hybridized carbons (Fsp3) is 0.100. The lowest BCUT2D eigenvalue weighted by atomic mass is 9.94. The topological polar surface area (TPSA) is 102 Å². The predicted molar refractivity (Wildman–Crippen MR) is 96.0 cm³/mol. The Hall–Kier alpha value is -3.74. The summed E-state index contributed by atoms with van der Waals surface area (Å²) in [4.78, 5) is 21.7. The number of allylic oxidation sites excluding steroid dienone is 1. The normalized spacial score (nSPS) is 12.4. The third-order valence-corrected chi connectivity index (χ3v) is 3.65. The fourth-order valence-electron chi connectivity index (χ4n) is 2.64. The molecule has 0 saturated heterocycles. The van der Waals surface area contributed by atoms with E-state index in [4.69, 9.17) is 24.4 Å². The lowest BCUT2D eigenvalue weighted by molar-refractivity contribution is -0.140. The highest BCUT2D eigenvalue weighted by Gasteiger charge is 2.24. The molecular weight excluding hydrogens is 352 g/mol. The summed E-state index contributed by atoms with van der Waals surface area (Å²) < 4.78 is 16.3. The summed E-state index contributed by atoms with van der Waals surface area (Å²) in [6.45, 7) is 2.70. The Bertz CT molecular complexity index is 929. The molecule has 0 spiro atoms. The van der Waals surface area contributed by atoms with Crippen molar-refractivity contribution in [3.63, 3.8) is 0 Å². The minimum atomic E-state index is -1.15. The van der Waals surface area contributed by atoms with Crippen molar-refractivity contribution in [1.82, 2.24) is 0 Å². The van der Waals surface area contributed by atoms with Gasteiger partial charge in [-0.25, -0.2) is 9.59 Å². The molecule has 2 aromatic carbocycles. The van der Waals surface area contributed by atoms with Gasteiger partial charge in [0.25, 0.3) is 0 Å². The Morgan fingerprint density at radius 1 is 1.00 bits per heavy atom. The summed E-state index contributed by atoms with van der Waals surface area (Å²) in [5.74, 6) is -1.19. The molecule has 0 radical (unpaired) electrons. The predicted octanol–water partition coefficient (Wildman–Crippen LogP) is 2.95. The number of aliphatic carboxylic acids is 2. The van der Waals surface area contributed by atoms with Gasteiger partial charge in [-0.1, -0.05) is 36.9 Å². The van der Waals surface area contributed by atoms with Crippen LogP contribution in [0.5, 0.6) is 17.2 Å². The Morgan fingerprint density at radius 2 is 1.67 bits per heavy atom. The van der Waals surface area contributed by atoms with E-state index in [0.29, 0.717) is 17.1 Å². The average molecular weight is 368 g/mol. The number of hydrogen-bond donors (Lipinski definition) is 2. The van der Waals surface area contributed by atoms with Gasteiger partial charge < -0.3 is 24.4 Å². The SMILES string of the molecule is C=C1C=C(c2ccccc2)c2c(OCC(=O)O)cc(OCC(=O)O)cc2O1. The van der Waals surface area contributed by atoms with Gasteiger partial charge in [-0.15, -0.1) is 0 Å². The molecule has 0 unspecified atom stereocenters. The minimum Gasteiger partial charge on any atom is -0.482 e. The van der Waals surface area contributed by atoms with Crippen molar-refractivity contribution >= 4 is 17.5 Å². The van der Waals surface area contributed by atoms with Gasteiger partial charge in [-0.05, 0) is 11.6 Å². The van der Waals surface area contributed by atoms with Crippen LogP contribution in [-0.2, 0) is 9.59 Å². The van der Waals surface area contributed by atoms with Gasteiger partial charge in [0.2, 0.25) is 0 Å².